The van der Waals surface area contributed by atoms with Crippen molar-refractivity contribution in [2.75, 3.05) is 45.0 Å². The molecule has 1 aromatic carbocycles. The minimum Gasteiger partial charge on any atom is -0.476 e. The van der Waals surface area contributed by atoms with Crippen LogP contribution in [0.4, 0.5) is 0 Å². The molecule has 1 aromatic heterocycles. The quantitative estimate of drug-likeness (QED) is 0.577. The SMILES string of the molecule is O=C(O)c1csc(SCCN2C(=O)CC[C@@H]2CN2CCN(Cc3ccccc3)CC2)n1. The number of piperazine rings is 1. The molecule has 2 aliphatic heterocycles. The predicted molar refractivity (Wildman–Crippen MR) is 123 cm³/mol. The van der Waals surface area contributed by atoms with Crippen molar-refractivity contribution in [3.8, 4) is 0 Å². The van der Waals surface area contributed by atoms with E-state index in [0.717, 1.165) is 55.8 Å². The Morgan fingerprint density at radius 1 is 1.16 bits per heavy atom. The maximum Gasteiger partial charge on any atom is 0.355 e. The second-order valence-electron chi connectivity index (χ2n) is 7.99. The first-order valence-corrected chi connectivity index (χ1v) is 12.5. The van der Waals surface area contributed by atoms with Crippen LogP contribution in [0.25, 0.3) is 0 Å². The molecule has 31 heavy (non-hydrogen) atoms. The molecule has 2 aromatic rings. The Morgan fingerprint density at radius 3 is 2.61 bits per heavy atom. The van der Waals surface area contributed by atoms with Crippen LogP contribution in [0.15, 0.2) is 40.1 Å². The van der Waals surface area contributed by atoms with E-state index in [2.05, 4.69) is 45.1 Å². The van der Waals surface area contributed by atoms with Crippen LogP contribution in [0.3, 0.4) is 0 Å². The van der Waals surface area contributed by atoms with Crippen molar-refractivity contribution in [2.45, 2.75) is 29.8 Å². The first-order chi connectivity index (χ1) is 15.1. The molecule has 2 saturated heterocycles. The maximum atomic E-state index is 12.4. The van der Waals surface area contributed by atoms with Gasteiger partial charge in [0.15, 0.2) is 10.0 Å². The van der Waals surface area contributed by atoms with E-state index in [9.17, 15) is 9.59 Å². The fraction of sp³-hybridized carbons (Fsp3) is 0.500. The molecule has 0 saturated carbocycles. The Hall–Kier alpha value is -1.94. The van der Waals surface area contributed by atoms with Crippen molar-refractivity contribution in [1.29, 1.82) is 0 Å². The molecule has 0 aliphatic carbocycles. The molecule has 1 amide bonds. The minimum absolute atomic E-state index is 0.0917. The van der Waals surface area contributed by atoms with Gasteiger partial charge in [0.2, 0.25) is 5.91 Å². The number of thioether (sulfide) groups is 1. The standard InChI is InChI=1S/C22H28N4O3S2/c27-20-7-6-18(26(20)12-13-30-22-23-19(16-31-22)21(28)29)15-25-10-8-24(9-11-25)14-17-4-2-1-3-5-17/h1-5,16,18H,6-15H2,(H,28,29)/t18-/m1/s1. The van der Waals surface area contributed by atoms with Gasteiger partial charge in [0.05, 0.1) is 0 Å². The van der Waals surface area contributed by atoms with Crippen LogP contribution in [-0.4, -0.2) is 87.7 Å². The zero-order valence-electron chi connectivity index (χ0n) is 17.5. The van der Waals surface area contributed by atoms with Crippen molar-refractivity contribution in [3.05, 3.63) is 47.0 Å². The third kappa shape index (κ3) is 6.06. The highest BCUT2D eigenvalue weighted by atomic mass is 32.2. The van der Waals surface area contributed by atoms with Crippen LogP contribution in [0.2, 0.25) is 0 Å². The highest BCUT2D eigenvalue weighted by Gasteiger charge is 2.32. The summed E-state index contributed by atoms with van der Waals surface area (Å²) in [6, 6.07) is 10.9. The van der Waals surface area contributed by atoms with Gasteiger partial charge in [0.25, 0.3) is 0 Å². The highest BCUT2D eigenvalue weighted by molar-refractivity contribution is 8.01. The molecule has 1 atom stereocenters. The largest absolute Gasteiger partial charge is 0.476 e. The topological polar surface area (TPSA) is 77.0 Å². The van der Waals surface area contributed by atoms with Crippen LogP contribution in [0.5, 0.6) is 0 Å². The summed E-state index contributed by atoms with van der Waals surface area (Å²) in [4.78, 5) is 34.5. The van der Waals surface area contributed by atoms with Gasteiger partial charge < -0.3 is 10.0 Å². The number of amides is 1. The number of thiazole rings is 1. The normalized spacial score (nSPS) is 20.5. The smallest absolute Gasteiger partial charge is 0.355 e. The van der Waals surface area contributed by atoms with E-state index in [1.807, 2.05) is 4.90 Å². The number of carbonyl (C=O) groups excluding carboxylic acids is 1. The van der Waals surface area contributed by atoms with Crippen LogP contribution in [0, 0.1) is 0 Å². The minimum atomic E-state index is -0.998. The average Bonchev–Trinajstić information content (AvgIpc) is 3.38. The van der Waals surface area contributed by atoms with Crippen molar-refractivity contribution in [2.24, 2.45) is 0 Å². The summed E-state index contributed by atoms with van der Waals surface area (Å²) >= 11 is 2.87. The molecule has 0 radical (unpaired) electrons. The number of hydrogen-bond acceptors (Lipinski definition) is 7. The van der Waals surface area contributed by atoms with Crippen LogP contribution >= 0.6 is 23.1 Å². The van der Waals surface area contributed by atoms with Gasteiger partial charge in [0, 0.05) is 69.4 Å². The van der Waals surface area contributed by atoms with E-state index < -0.39 is 5.97 Å². The Balaban J connectivity index is 1.21. The van der Waals surface area contributed by atoms with E-state index >= 15 is 0 Å². The first-order valence-electron chi connectivity index (χ1n) is 10.7. The number of likely N-dealkylation sites (tertiary alicyclic amines) is 1. The molecule has 1 N–H and O–H groups in total. The molecule has 4 rings (SSSR count). The first kappa shape index (κ1) is 22.3. The fourth-order valence-corrected chi connectivity index (χ4v) is 6.02. The molecule has 2 fully saturated rings. The number of carboxylic acid groups (broad SMARTS) is 1. The second kappa shape index (κ2) is 10.6. The lowest BCUT2D eigenvalue weighted by atomic mass is 10.1. The maximum absolute atomic E-state index is 12.4. The van der Waals surface area contributed by atoms with E-state index in [1.54, 1.807) is 5.38 Å². The lowest BCUT2D eigenvalue weighted by Gasteiger charge is -2.37. The summed E-state index contributed by atoms with van der Waals surface area (Å²) in [5.74, 6) is -0.0277. The third-order valence-electron chi connectivity index (χ3n) is 5.90. The van der Waals surface area contributed by atoms with Gasteiger partial charge in [-0.05, 0) is 12.0 Å². The zero-order chi connectivity index (χ0) is 21.6. The number of rotatable bonds is 9. The van der Waals surface area contributed by atoms with Gasteiger partial charge in [-0.3, -0.25) is 14.6 Å². The third-order valence-corrected chi connectivity index (χ3v) is 7.90. The lowest BCUT2D eigenvalue weighted by molar-refractivity contribution is -0.128. The summed E-state index contributed by atoms with van der Waals surface area (Å²) in [5.41, 5.74) is 1.45. The number of benzene rings is 1. The molecule has 0 spiro atoms. The summed E-state index contributed by atoms with van der Waals surface area (Å²) in [6.07, 6.45) is 1.55. The van der Waals surface area contributed by atoms with Gasteiger partial charge in [0.1, 0.15) is 0 Å². The number of hydrogen-bond donors (Lipinski definition) is 1. The number of aromatic carboxylic acids is 1. The monoisotopic (exact) mass is 460 g/mol. The fourth-order valence-electron chi connectivity index (χ4n) is 4.21. The summed E-state index contributed by atoms with van der Waals surface area (Å²) < 4.78 is 0.745. The van der Waals surface area contributed by atoms with Crippen molar-refractivity contribution < 1.29 is 14.7 Å². The molecule has 0 unspecified atom stereocenters. The van der Waals surface area contributed by atoms with Gasteiger partial charge in [-0.15, -0.1) is 11.3 Å². The van der Waals surface area contributed by atoms with Gasteiger partial charge >= 0.3 is 5.97 Å². The summed E-state index contributed by atoms with van der Waals surface area (Å²) in [5, 5.41) is 10.5. The predicted octanol–water partition coefficient (Wildman–Crippen LogP) is 2.74. The van der Waals surface area contributed by atoms with Crippen molar-refractivity contribution in [3.63, 3.8) is 0 Å². The number of carbonyl (C=O) groups is 2. The lowest BCUT2D eigenvalue weighted by Crippen LogP contribution is -2.50. The number of nitrogens with zero attached hydrogens (tertiary/aromatic N) is 4. The second-order valence-corrected chi connectivity index (χ2v) is 10.2. The average molecular weight is 461 g/mol. The molecule has 166 valence electrons. The van der Waals surface area contributed by atoms with Crippen LogP contribution in [0.1, 0.15) is 28.9 Å². The Kier molecular flexibility index (Phi) is 7.60. The molecule has 3 heterocycles. The van der Waals surface area contributed by atoms with Gasteiger partial charge in [-0.25, -0.2) is 9.78 Å². The van der Waals surface area contributed by atoms with E-state index in [1.165, 1.54) is 28.7 Å². The van der Waals surface area contributed by atoms with Crippen LogP contribution < -0.4 is 0 Å². The molecule has 7 nitrogen and oxygen atoms in total. The summed E-state index contributed by atoms with van der Waals surface area (Å²) in [7, 11) is 0. The number of carboxylic acids is 1. The Labute approximate surface area is 191 Å². The van der Waals surface area contributed by atoms with Crippen LogP contribution in [-0.2, 0) is 11.3 Å². The number of aromatic nitrogens is 1. The summed E-state index contributed by atoms with van der Waals surface area (Å²) in [6.45, 7) is 6.82. The molecular formula is C22H28N4O3S2. The van der Waals surface area contributed by atoms with Gasteiger partial charge in [-0.2, -0.15) is 0 Å². The Bertz CT molecular complexity index is 884. The Morgan fingerprint density at radius 2 is 1.90 bits per heavy atom. The molecular weight excluding hydrogens is 432 g/mol. The van der Waals surface area contributed by atoms with Gasteiger partial charge in [-0.1, -0.05) is 42.1 Å². The van der Waals surface area contributed by atoms with E-state index in [4.69, 9.17) is 5.11 Å². The van der Waals surface area contributed by atoms with Crippen molar-refractivity contribution >= 4 is 35.0 Å². The van der Waals surface area contributed by atoms with Crippen molar-refractivity contribution in [1.82, 2.24) is 19.7 Å². The highest BCUT2D eigenvalue weighted by Crippen LogP contribution is 2.25. The molecule has 9 heteroatoms. The van der Waals surface area contributed by atoms with E-state index in [-0.39, 0.29) is 17.6 Å². The molecule has 0 bridgehead atoms. The zero-order valence-corrected chi connectivity index (χ0v) is 19.1. The van der Waals surface area contributed by atoms with E-state index in [0.29, 0.717) is 13.0 Å². The molecule has 2 aliphatic rings.